The Hall–Kier alpha value is -2.73. The summed E-state index contributed by atoms with van der Waals surface area (Å²) in [6.45, 7) is 0.905. The molecule has 2 aliphatic heterocycles. The van der Waals surface area contributed by atoms with E-state index in [-0.39, 0.29) is 18.1 Å². The van der Waals surface area contributed by atoms with Crippen LogP contribution >= 0.6 is 0 Å². The SMILES string of the molecule is COc1ccc(N2C(=O)[C@@H]3CCCN3[C@H]2c2ccc(OC)c(OC)c2)cc1. The van der Waals surface area contributed by atoms with Gasteiger partial charge in [-0.15, -0.1) is 0 Å². The number of benzene rings is 2. The van der Waals surface area contributed by atoms with Gasteiger partial charge in [0.05, 0.1) is 27.4 Å². The van der Waals surface area contributed by atoms with Gasteiger partial charge >= 0.3 is 0 Å². The van der Waals surface area contributed by atoms with E-state index < -0.39 is 0 Å². The highest BCUT2D eigenvalue weighted by Crippen LogP contribution is 2.44. The average molecular weight is 368 g/mol. The van der Waals surface area contributed by atoms with Gasteiger partial charge in [-0.25, -0.2) is 0 Å². The van der Waals surface area contributed by atoms with Crippen molar-refractivity contribution in [3.8, 4) is 17.2 Å². The van der Waals surface area contributed by atoms with E-state index in [1.54, 1.807) is 21.3 Å². The first-order valence-corrected chi connectivity index (χ1v) is 9.12. The monoisotopic (exact) mass is 368 g/mol. The second-order valence-electron chi connectivity index (χ2n) is 6.79. The van der Waals surface area contributed by atoms with Gasteiger partial charge in [0, 0.05) is 12.2 Å². The first-order chi connectivity index (χ1) is 13.2. The third-order valence-corrected chi connectivity index (χ3v) is 5.43. The lowest BCUT2D eigenvalue weighted by Gasteiger charge is -2.30. The molecule has 2 atom stereocenters. The van der Waals surface area contributed by atoms with Crippen LogP contribution in [0.2, 0.25) is 0 Å². The van der Waals surface area contributed by atoms with Crippen molar-refractivity contribution < 1.29 is 19.0 Å². The fourth-order valence-corrected chi connectivity index (χ4v) is 4.14. The molecule has 2 saturated heterocycles. The maximum Gasteiger partial charge on any atom is 0.246 e. The Morgan fingerprint density at radius 3 is 2.33 bits per heavy atom. The number of carbonyl (C=O) groups excluding carboxylic acids is 1. The highest BCUT2D eigenvalue weighted by Gasteiger charge is 2.49. The Morgan fingerprint density at radius 2 is 1.67 bits per heavy atom. The molecule has 2 fully saturated rings. The summed E-state index contributed by atoms with van der Waals surface area (Å²) in [5.41, 5.74) is 1.89. The molecule has 6 heteroatoms. The number of rotatable bonds is 5. The predicted molar refractivity (Wildman–Crippen MR) is 102 cm³/mol. The molecule has 0 bridgehead atoms. The van der Waals surface area contributed by atoms with E-state index in [1.165, 1.54) is 0 Å². The lowest BCUT2D eigenvalue weighted by molar-refractivity contribution is -0.119. The third kappa shape index (κ3) is 2.90. The fourth-order valence-electron chi connectivity index (χ4n) is 4.14. The van der Waals surface area contributed by atoms with Crippen LogP contribution < -0.4 is 19.1 Å². The Morgan fingerprint density at radius 1 is 0.926 bits per heavy atom. The normalized spacial score (nSPS) is 22.0. The minimum atomic E-state index is -0.154. The van der Waals surface area contributed by atoms with Crippen LogP contribution in [0.25, 0.3) is 0 Å². The van der Waals surface area contributed by atoms with E-state index in [4.69, 9.17) is 14.2 Å². The number of hydrogen-bond acceptors (Lipinski definition) is 5. The molecule has 1 amide bonds. The van der Waals surface area contributed by atoms with Gasteiger partial charge in [-0.1, -0.05) is 6.07 Å². The predicted octanol–water partition coefficient (Wildman–Crippen LogP) is 3.22. The average Bonchev–Trinajstić information content (AvgIpc) is 3.29. The Bertz CT molecular complexity index is 837. The molecule has 0 unspecified atom stereocenters. The van der Waals surface area contributed by atoms with Gasteiger partial charge < -0.3 is 14.2 Å². The summed E-state index contributed by atoms with van der Waals surface area (Å²) in [7, 11) is 4.89. The van der Waals surface area contributed by atoms with Crippen molar-refractivity contribution in [3.63, 3.8) is 0 Å². The lowest BCUT2D eigenvalue weighted by Crippen LogP contribution is -2.32. The number of fused-ring (bicyclic) bond motifs is 1. The van der Waals surface area contributed by atoms with Crippen molar-refractivity contribution in [2.45, 2.75) is 25.0 Å². The molecule has 0 N–H and O–H groups in total. The van der Waals surface area contributed by atoms with E-state index in [0.29, 0.717) is 11.5 Å². The lowest BCUT2D eigenvalue weighted by atomic mass is 10.1. The molecule has 2 aromatic rings. The second kappa shape index (κ2) is 7.12. The largest absolute Gasteiger partial charge is 0.497 e. The highest BCUT2D eigenvalue weighted by molar-refractivity contribution is 6.00. The van der Waals surface area contributed by atoms with Gasteiger partial charge in [0.15, 0.2) is 11.5 Å². The van der Waals surface area contributed by atoms with Crippen molar-refractivity contribution >= 4 is 11.6 Å². The molecule has 0 aromatic heterocycles. The molecule has 4 rings (SSSR count). The zero-order valence-electron chi connectivity index (χ0n) is 15.8. The zero-order chi connectivity index (χ0) is 19.0. The van der Waals surface area contributed by atoms with Crippen molar-refractivity contribution in [2.75, 3.05) is 32.8 Å². The van der Waals surface area contributed by atoms with E-state index in [1.807, 2.05) is 47.4 Å². The number of hydrogen-bond donors (Lipinski definition) is 0. The quantitative estimate of drug-likeness (QED) is 0.811. The Labute approximate surface area is 159 Å². The van der Waals surface area contributed by atoms with Gasteiger partial charge in [-0.3, -0.25) is 14.6 Å². The Balaban J connectivity index is 1.78. The van der Waals surface area contributed by atoms with Crippen LogP contribution in [0.15, 0.2) is 42.5 Å². The molecule has 142 valence electrons. The van der Waals surface area contributed by atoms with Crippen LogP contribution in [-0.2, 0) is 4.79 Å². The number of nitrogens with zero attached hydrogens (tertiary/aromatic N) is 2. The number of amides is 1. The van der Waals surface area contributed by atoms with Gasteiger partial charge in [-0.05, 0) is 54.8 Å². The standard InChI is InChI=1S/C21H24N2O4/c1-25-16-9-7-15(8-10-16)23-20(22-12-4-5-17(22)21(23)24)14-6-11-18(26-2)19(13-14)27-3/h6-11,13,17,20H,4-5,12H2,1-3H3/t17-,20+/m0/s1. The number of methoxy groups -OCH3 is 3. The van der Waals surface area contributed by atoms with Crippen LogP contribution in [0.3, 0.4) is 0 Å². The Kier molecular flexibility index (Phi) is 4.66. The first kappa shape index (κ1) is 17.7. The summed E-state index contributed by atoms with van der Waals surface area (Å²) in [5.74, 6) is 2.27. The van der Waals surface area contributed by atoms with E-state index in [0.717, 1.165) is 36.4 Å². The van der Waals surface area contributed by atoms with E-state index in [2.05, 4.69) is 4.90 Å². The maximum absolute atomic E-state index is 13.2. The molecule has 0 spiro atoms. The van der Waals surface area contributed by atoms with Crippen LogP contribution in [0.4, 0.5) is 5.69 Å². The minimum Gasteiger partial charge on any atom is -0.497 e. The summed E-state index contributed by atoms with van der Waals surface area (Å²) in [5, 5.41) is 0. The van der Waals surface area contributed by atoms with Crippen LogP contribution in [0, 0.1) is 0 Å². The first-order valence-electron chi connectivity index (χ1n) is 9.12. The molecule has 2 aliphatic rings. The molecule has 27 heavy (non-hydrogen) atoms. The van der Waals surface area contributed by atoms with Crippen LogP contribution in [0.1, 0.15) is 24.6 Å². The molecule has 6 nitrogen and oxygen atoms in total. The fraction of sp³-hybridized carbons (Fsp3) is 0.381. The third-order valence-electron chi connectivity index (χ3n) is 5.43. The number of anilines is 1. The highest BCUT2D eigenvalue weighted by atomic mass is 16.5. The van der Waals surface area contributed by atoms with Crippen LogP contribution in [0.5, 0.6) is 17.2 Å². The smallest absolute Gasteiger partial charge is 0.246 e. The van der Waals surface area contributed by atoms with E-state index >= 15 is 0 Å². The van der Waals surface area contributed by atoms with Gasteiger partial charge in [0.1, 0.15) is 11.9 Å². The van der Waals surface area contributed by atoms with Gasteiger partial charge in [0.2, 0.25) is 5.91 Å². The van der Waals surface area contributed by atoms with Crippen molar-refractivity contribution in [1.82, 2.24) is 4.90 Å². The summed E-state index contributed by atoms with van der Waals surface area (Å²) in [6, 6.07) is 13.5. The second-order valence-corrected chi connectivity index (χ2v) is 6.79. The summed E-state index contributed by atoms with van der Waals surface area (Å²) in [6.07, 6.45) is 1.78. The molecule has 2 aromatic carbocycles. The number of carbonyl (C=O) groups is 1. The summed E-state index contributed by atoms with van der Waals surface area (Å²) in [4.78, 5) is 17.4. The maximum atomic E-state index is 13.2. The minimum absolute atomic E-state index is 0.0646. The van der Waals surface area contributed by atoms with Gasteiger partial charge in [0.25, 0.3) is 0 Å². The summed E-state index contributed by atoms with van der Waals surface area (Å²) < 4.78 is 16.1. The summed E-state index contributed by atoms with van der Waals surface area (Å²) >= 11 is 0. The molecular weight excluding hydrogens is 344 g/mol. The molecule has 0 radical (unpaired) electrons. The topological polar surface area (TPSA) is 51.2 Å². The molecule has 0 aliphatic carbocycles. The molecule has 2 heterocycles. The van der Waals surface area contributed by atoms with Crippen molar-refractivity contribution in [3.05, 3.63) is 48.0 Å². The zero-order valence-corrected chi connectivity index (χ0v) is 15.8. The van der Waals surface area contributed by atoms with Crippen molar-refractivity contribution in [1.29, 1.82) is 0 Å². The number of ether oxygens (including phenoxy) is 3. The molecular formula is C21H24N2O4. The van der Waals surface area contributed by atoms with Crippen molar-refractivity contribution in [2.24, 2.45) is 0 Å². The van der Waals surface area contributed by atoms with Crippen LogP contribution in [-0.4, -0.2) is 44.7 Å². The van der Waals surface area contributed by atoms with E-state index in [9.17, 15) is 4.79 Å². The molecule has 0 saturated carbocycles. The van der Waals surface area contributed by atoms with Gasteiger partial charge in [-0.2, -0.15) is 0 Å².